The summed E-state index contributed by atoms with van der Waals surface area (Å²) in [5.74, 6) is 0.741. The van der Waals surface area contributed by atoms with Gasteiger partial charge in [0.05, 0.1) is 17.2 Å². The first-order valence-corrected chi connectivity index (χ1v) is 6.96. The van der Waals surface area contributed by atoms with Gasteiger partial charge in [-0.05, 0) is 32.3 Å². The lowest BCUT2D eigenvalue weighted by Crippen LogP contribution is -2.36. The van der Waals surface area contributed by atoms with Crippen LogP contribution in [0.25, 0.3) is 0 Å². The number of carbonyl (C=O) groups excluding carboxylic acids is 1. The van der Waals surface area contributed by atoms with E-state index in [1.54, 1.807) is 18.4 Å². The Hall–Kier alpha value is -2.87. The third-order valence-electron chi connectivity index (χ3n) is 3.27. The second kappa shape index (κ2) is 7.41. The summed E-state index contributed by atoms with van der Waals surface area (Å²) in [4.78, 5) is 24.1. The molecule has 0 aliphatic rings. The van der Waals surface area contributed by atoms with Crippen molar-refractivity contribution >= 4 is 17.4 Å². The molecule has 0 aliphatic heterocycles. The van der Waals surface area contributed by atoms with Crippen LogP contribution in [-0.2, 0) is 0 Å². The van der Waals surface area contributed by atoms with Crippen LogP contribution in [0.1, 0.15) is 11.8 Å². The van der Waals surface area contributed by atoms with Crippen LogP contribution in [0.3, 0.4) is 0 Å². The molecule has 0 bridgehead atoms. The second-order valence-electron chi connectivity index (χ2n) is 5.14. The topological polar surface area (TPSA) is 101 Å². The Morgan fingerprint density at radius 3 is 2.74 bits per heavy atom. The van der Waals surface area contributed by atoms with E-state index >= 15 is 0 Å². The molecular weight excluding hydrogens is 300 g/mol. The second-order valence-corrected chi connectivity index (χ2v) is 5.14. The molecular formula is C15H18N4O4. The van der Waals surface area contributed by atoms with Crippen LogP contribution in [-0.4, -0.2) is 36.5 Å². The quantitative estimate of drug-likeness (QED) is 0.630. The molecule has 2 aromatic rings. The summed E-state index contributed by atoms with van der Waals surface area (Å²) in [5, 5.41) is 16.0. The zero-order valence-electron chi connectivity index (χ0n) is 12.9. The van der Waals surface area contributed by atoms with Crippen molar-refractivity contribution in [3.63, 3.8) is 0 Å². The fourth-order valence-corrected chi connectivity index (χ4v) is 2.08. The van der Waals surface area contributed by atoms with Crippen LogP contribution in [0, 0.1) is 10.1 Å². The lowest BCUT2D eigenvalue weighted by Gasteiger charge is -2.22. The maximum atomic E-state index is 11.9. The summed E-state index contributed by atoms with van der Waals surface area (Å²) in [6.45, 7) is 0.335. The Morgan fingerprint density at radius 2 is 2.13 bits per heavy atom. The number of nitro benzene ring substituents is 1. The van der Waals surface area contributed by atoms with Gasteiger partial charge in [-0.1, -0.05) is 6.07 Å². The van der Waals surface area contributed by atoms with E-state index in [4.69, 9.17) is 4.42 Å². The van der Waals surface area contributed by atoms with Crippen LogP contribution in [0.4, 0.5) is 16.2 Å². The number of nitro groups is 1. The molecule has 0 radical (unpaired) electrons. The van der Waals surface area contributed by atoms with Crippen molar-refractivity contribution in [2.45, 2.75) is 6.04 Å². The Kier molecular flexibility index (Phi) is 5.32. The van der Waals surface area contributed by atoms with Crippen molar-refractivity contribution < 1.29 is 14.1 Å². The zero-order chi connectivity index (χ0) is 16.8. The van der Waals surface area contributed by atoms with Crippen LogP contribution < -0.4 is 10.6 Å². The zero-order valence-corrected chi connectivity index (χ0v) is 12.9. The van der Waals surface area contributed by atoms with Crippen LogP contribution in [0.2, 0.25) is 0 Å². The summed E-state index contributed by atoms with van der Waals surface area (Å²) < 4.78 is 5.36. The molecule has 2 rings (SSSR count). The van der Waals surface area contributed by atoms with Gasteiger partial charge in [0.15, 0.2) is 0 Å². The average molecular weight is 318 g/mol. The van der Waals surface area contributed by atoms with Gasteiger partial charge in [-0.3, -0.25) is 15.0 Å². The monoisotopic (exact) mass is 318 g/mol. The van der Waals surface area contributed by atoms with Crippen molar-refractivity contribution in [3.8, 4) is 0 Å². The number of hydrogen-bond acceptors (Lipinski definition) is 5. The lowest BCUT2D eigenvalue weighted by atomic mass is 10.2. The summed E-state index contributed by atoms with van der Waals surface area (Å²) in [5.41, 5.74) is 0.278. The number of nitrogens with one attached hydrogen (secondary N) is 2. The van der Waals surface area contributed by atoms with Gasteiger partial charge in [0, 0.05) is 24.4 Å². The molecule has 1 atom stereocenters. The molecule has 2 amide bonds. The largest absolute Gasteiger partial charge is 0.468 e. The minimum Gasteiger partial charge on any atom is -0.468 e. The first-order chi connectivity index (χ1) is 11.0. The minimum absolute atomic E-state index is 0.0791. The van der Waals surface area contributed by atoms with Gasteiger partial charge < -0.3 is 15.1 Å². The normalized spacial score (nSPS) is 12.0. The molecule has 0 saturated heterocycles. The number of hydrogen-bond donors (Lipinski definition) is 2. The van der Waals surface area contributed by atoms with Crippen LogP contribution in [0.15, 0.2) is 47.1 Å². The van der Waals surface area contributed by atoms with Gasteiger partial charge >= 0.3 is 6.03 Å². The highest BCUT2D eigenvalue weighted by atomic mass is 16.6. The number of furan rings is 1. The maximum Gasteiger partial charge on any atom is 0.319 e. The smallest absolute Gasteiger partial charge is 0.319 e. The molecule has 0 aliphatic carbocycles. The fourth-order valence-electron chi connectivity index (χ4n) is 2.08. The first kappa shape index (κ1) is 16.5. The Balaban J connectivity index is 1.94. The fraction of sp³-hybridized carbons (Fsp3) is 0.267. The minimum atomic E-state index is -0.512. The molecule has 2 N–H and O–H groups in total. The predicted molar refractivity (Wildman–Crippen MR) is 85.3 cm³/mol. The number of rotatable bonds is 6. The van der Waals surface area contributed by atoms with E-state index < -0.39 is 11.0 Å². The Labute approximate surface area is 133 Å². The highest BCUT2D eigenvalue weighted by Crippen LogP contribution is 2.18. The van der Waals surface area contributed by atoms with Gasteiger partial charge in [-0.25, -0.2) is 4.79 Å². The molecule has 122 valence electrons. The van der Waals surface area contributed by atoms with Crippen molar-refractivity contribution in [2.75, 3.05) is 26.0 Å². The standard InChI is InChI=1S/C15H18N4O4/c1-18(2)13(14-7-4-8-23-14)10-16-15(20)17-11-5-3-6-12(9-11)19(21)22/h3-9,13H,10H2,1-2H3,(H2,16,17,20). The Bertz CT molecular complexity index is 670. The molecule has 1 heterocycles. The number of anilines is 1. The van der Waals surface area contributed by atoms with Crippen LogP contribution in [0.5, 0.6) is 0 Å². The van der Waals surface area contributed by atoms with Crippen molar-refractivity contribution in [3.05, 3.63) is 58.5 Å². The van der Waals surface area contributed by atoms with E-state index in [9.17, 15) is 14.9 Å². The number of non-ortho nitro benzene ring substituents is 1. The number of urea groups is 1. The lowest BCUT2D eigenvalue weighted by molar-refractivity contribution is -0.384. The highest BCUT2D eigenvalue weighted by molar-refractivity contribution is 5.89. The molecule has 0 saturated carbocycles. The predicted octanol–water partition coefficient (Wildman–Crippen LogP) is 2.61. The summed E-state index contributed by atoms with van der Waals surface area (Å²) in [7, 11) is 3.76. The first-order valence-electron chi connectivity index (χ1n) is 6.96. The third kappa shape index (κ3) is 4.55. The van der Waals surface area contributed by atoms with Gasteiger partial charge in [-0.2, -0.15) is 0 Å². The van der Waals surface area contributed by atoms with Crippen molar-refractivity contribution in [2.24, 2.45) is 0 Å². The van der Waals surface area contributed by atoms with Crippen molar-refractivity contribution in [1.82, 2.24) is 10.2 Å². The van der Waals surface area contributed by atoms with E-state index in [0.29, 0.717) is 12.2 Å². The van der Waals surface area contributed by atoms with Crippen LogP contribution >= 0.6 is 0 Å². The van der Waals surface area contributed by atoms with E-state index in [-0.39, 0.29) is 11.7 Å². The SMILES string of the molecule is CN(C)C(CNC(=O)Nc1cccc([N+](=O)[O-])c1)c1ccco1. The molecule has 0 fully saturated rings. The summed E-state index contributed by atoms with van der Waals surface area (Å²) in [6.07, 6.45) is 1.58. The molecule has 0 spiro atoms. The number of carbonyl (C=O) groups is 1. The van der Waals surface area contributed by atoms with Gasteiger partial charge in [0.25, 0.3) is 5.69 Å². The summed E-state index contributed by atoms with van der Waals surface area (Å²) >= 11 is 0. The maximum absolute atomic E-state index is 11.9. The van der Waals surface area contributed by atoms with Gasteiger partial charge in [0.1, 0.15) is 5.76 Å². The highest BCUT2D eigenvalue weighted by Gasteiger charge is 2.18. The third-order valence-corrected chi connectivity index (χ3v) is 3.27. The number of nitrogens with zero attached hydrogens (tertiary/aromatic N) is 2. The van der Waals surface area contributed by atoms with Gasteiger partial charge in [0.2, 0.25) is 0 Å². The molecule has 8 nitrogen and oxygen atoms in total. The molecule has 1 unspecified atom stereocenters. The number of amides is 2. The molecule has 1 aromatic carbocycles. The van der Waals surface area contributed by atoms with Crippen molar-refractivity contribution in [1.29, 1.82) is 0 Å². The summed E-state index contributed by atoms with van der Waals surface area (Å²) in [6, 6.07) is 8.84. The van der Waals surface area contributed by atoms with E-state index in [1.807, 2.05) is 25.1 Å². The average Bonchev–Trinajstić information content (AvgIpc) is 3.01. The number of benzene rings is 1. The molecule has 8 heteroatoms. The van der Waals surface area contributed by atoms with Gasteiger partial charge in [-0.15, -0.1) is 0 Å². The molecule has 1 aromatic heterocycles. The Morgan fingerprint density at radius 1 is 1.35 bits per heavy atom. The molecule has 23 heavy (non-hydrogen) atoms. The van der Waals surface area contributed by atoms with E-state index in [0.717, 1.165) is 5.76 Å². The number of likely N-dealkylation sites (N-methyl/N-ethyl adjacent to an activating group) is 1. The van der Waals surface area contributed by atoms with E-state index in [1.165, 1.54) is 18.2 Å². The van der Waals surface area contributed by atoms with E-state index in [2.05, 4.69) is 10.6 Å².